The van der Waals surface area contributed by atoms with E-state index in [1.807, 2.05) is 30.3 Å². The number of nitrogens with two attached hydrogens (primary N) is 1. The van der Waals surface area contributed by atoms with Gasteiger partial charge in [-0.1, -0.05) is 0 Å². The number of pyridine rings is 1. The van der Waals surface area contributed by atoms with Gasteiger partial charge in [-0.25, -0.2) is 4.98 Å². The molecular formula is C16H20N2O3. The van der Waals surface area contributed by atoms with E-state index in [0.29, 0.717) is 19.0 Å². The molecule has 1 aromatic heterocycles. The van der Waals surface area contributed by atoms with Crippen LogP contribution in [0.15, 0.2) is 36.5 Å². The fraction of sp³-hybridized carbons (Fsp3) is 0.312. The van der Waals surface area contributed by atoms with E-state index in [2.05, 4.69) is 4.98 Å². The number of nitrogens with zero attached hydrogens (tertiary/aromatic N) is 1. The first-order chi connectivity index (χ1) is 10.3. The molecule has 5 heteroatoms. The Labute approximate surface area is 124 Å². The van der Waals surface area contributed by atoms with E-state index >= 15 is 0 Å². The summed E-state index contributed by atoms with van der Waals surface area (Å²) in [6.45, 7) is 0.945. The lowest BCUT2D eigenvalue weighted by atomic mass is 10.1. The number of benzene rings is 1. The van der Waals surface area contributed by atoms with Crippen LogP contribution in [-0.4, -0.2) is 25.7 Å². The van der Waals surface area contributed by atoms with Gasteiger partial charge in [-0.15, -0.1) is 0 Å². The van der Waals surface area contributed by atoms with Crippen LogP contribution in [0.4, 0.5) is 0 Å². The molecule has 5 nitrogen and oxygen atoms in total. The SMILES string of the molecule is COc1ccc(OCc2cccnc2OC)c(CCN)c1. The molecule has 112 valence electrons. The Bertz CT molecular complexity index is 587. The Morgan fingerprint density at radius 1 is 1.10 bits per heavy atom. The van der Waals surface area contributed by atoms with Crippen LogP contribution in [0.5, 0.6) is 17.4 Å². The summed E-state index contributed by atoms with van der Waals surface area (Å²) in [4.78, 5) is 4.15. The van der Waals surface area contributed by atoms with Crippen molar-refractivity contribution in [2.45, 2.75) is 13.0 Å². The summed E-state index contributed by atoms with van der Waals surface area (Å²) in [6.07, 6.45) is 2.42. The molecule has 0 aliphatic rings. The predicted molar refractivity (Wildman–Crippen MR) is 80.9 cm³/mol. The van der Waals surface area contributed by atoms with Crippen molar-refractivity contribution >= 4 is 0 Å². The number of hydrogen-bond acceptors (Lipinski definition) is 5. The zero-order valence-electron chi connectivity index (χ0n) is 12.3. The van der Waals surface area contributed by atoms with Crippen LogP contribution in [0.25, 0.3) is 0 Å². The Hall–Kier alpha value is -2.27. The van der Waals surface area contributed by atoms with Crippen molar-refractivity contribution in [1.82, 2.24) is 4.98 Å². The van der Waals surface area contributed by atoms with E-state index in [0.717, 1.165) is 29.0 Å². The van der Waals surface area contributed by atoms with Gasteiger partial charge >= 0.3 is 0 Å². The zero-order chi connectivity index (χ0) is 15.1. The molecule has 0 atom stereocenters. The molecule has 0 aliphatic heterocycles. The minimum absolute atomic E-state index is 0.390. The molecular weight excluding hydrogens is 268 g/mol. The highest BCUT2D eigenvalue weighted by atomic mass is 16.5. The zero-order valence-corrected chi connectivity index (χ0v) is 12.3. The van der Waals surface area contributed by atoms with E-state index < -0.39 is 0 Å². The monoisotopic (exact) mass is 288 g/mol. The van der Waals surface area contributed by atoms with Crippen LogP contribution in [0.3, 0.4) is 0 Å². The summed E-state index contributed by atoms with van der Waals surface area (Å²) >= 11 is 0. The van der Waals surface area contributed by atoms with Crippen LogP contribution >= 0.6 is 0 Å². The minimum Gasteiger partial charge on any atom is -0.497 e. The maximum atomic E-state index is 5.89. The van der Waals surface area contributed by atoms with Gasteiger partial charge in [0.05, 0.1) is 19.8 Å². The van der Waals surface area contributed by atoms with Crippen molar-refractivity contribution in [1.29, 1.82) is 0 Å². The molecule has 1 aromatic carbocycles. The second-order valence-electron chi connectivity index (χ2n) is 4.47. The molecule has 0 bridgehead atoms. The lowest BCUT2D eigenvalue weighted by molar-refractivity contribution is 0.290. The van der Waals surface area contributed by atoms with Gasteiger partial charge in [0.25, 0.3) is 0 Å². The molecule has 0 unspecified atom stereocenters. The van der Waals surface area contributed by atoms with Crippen molar-refractivity contribution in [2.24, 2.45) is 5.73 Å². The average molecular weight is 288 g/mol. The molecule has 0 aliphatic carbocycles. The molecule has 2 N–H and O–H groups in total. The van der Waals surface area contributed by atoms with Crippen LogP contribution in [0, 0.1) is 0 Å². The van der Waals surface area contributed by atoms with Crippen molar-refractivity contribution in [3.8, 4) is 17.4 Å². The number of aromatic nitrogens is 1. The normalized spacial score (nSPS) is 10.2. The summed E-state index contributed by atoms with van der Waals surface area (Å²) in [5.74, 6) is 2.17. The fourth-order valence-electron chi connectivity index (χ4n) is 2.05. The second-order valence-corrected chi connectivity index (χ2v) is 4.47. The number of ether oxygens (including phenoxy) is 3. The van der Waals surface area contributed by atoms with Gasteiger partial charge in [0.15, 0.2) is 0 Å². The number of methoxy groups -OCH3 is 2. The predicted octanol–water partition coefficient (Wildman–Crippen LogP) is 2.18. The van der Waals surface area contributed by atoms with Crippen LogP contribution < -0.4 is 19.9 Å². The van der Waals surface area contributed by atoms with Gasteiger partial charge in [-0.05, 0) is 48.9 Å². The Morgan fingerprint density at radius 3 is 2.67 bits per heavy atom. The van der Waals surface area contributed by atoms with Crippen molar-refractivity contribution in [2.75, 3.05) is 20.8 Å². The van der Waals surface area contributed by atoms with Gasteiger partial charge in [-0.2, -0.15) is 0 Å². The second kappa shape index (κ2) is 7.50. The smallest absolute Gasteiger partial charge is 0.219 e. The van der Waals surface area contributed by atoms with Gasteiger partial charge in [0.1, 0.15) is 18.1 Å². The Balaban J connectivity index is 2.15. The maximum Gasteiger partial charge on any atom is 0.219 e. The number of rotatable bonds is 7. The number of hydrogen-bond donors (Lipinski definition) is 1. The van der Waals surface area contributed by atoms with Crippen molar-refractivity contribution in [3.63, 3.8) is 0 Å². The van der Waals surface area contributed by atoms with Gasteiger partial charge < -0.3 is 19.9 Å². The molecule has 0 saturated heterocycles. The lowest BCUT2D eigenvalue weighted by Crippen LogP contribution is -2.06. The highest BCUT2D eigenvalue weighted by molar-refractivity contribution is 5.41. The molecule has 2 rings (SSSR count). The lowest BCUT2D eigenvalue weighted by Gasteiger charge is -2.13. The first-order valence-electron chi connectivity index (χ1n) is 6.76. The molecule has 1 heterocycles. The van der Waals surface area contributed by atoms with Gasteiger partial charge in [-0.3, -0.25) is 0 Å². The third-order valence-electron chi connectivity index (χ3n) is 3.11. The summed E-state index contributed by atoms with van der Waals surface area (Å²) < 4.78 is 16.3. The molecule has 0 amide bonds. The fourth-order valence-corrected chi connectivity index (χ4v) is 2.05. The van der Waals surface area contributed by atoms with E-state index in [4.69, 9.17) is 19.9 Å². The third kappa shape index (κ3) is 3.86. The topological polar surface area (TPSA) is 66.6 Å². The highest BCUT2D eigenvalue weighted by Crippen LogP contribution is 2.26. The summed E-state index contributed by atoms with van der Waals surface area (Å²) in [6, 6.07) is 9.50. The van der Waals surface area contributed by atoms with Crippen LogP contribution in [-0.2, 0) is 13.0 Å². The van der Waals surface area contributed by atoms with E-state index in [1.54, 1.807) is 20.4 Å². The van der Waals surface area contributed by atoms with Gasteiger partial charge in [0.2, 0.25) is 5.88 Å². The minimum atomic E-state index is 0.390. The molecule has 0 radical (unpaired) electrons. The molecule has 21 heavy (non-hydrogen) atoms. The highest BCUT2D eigenvalue weighted by Gasteiger charge is 2.08. The van der Waals surface area contributed by atoms with E-state index in [-0.39, 0.29) is 0 Å². The van der Waals surface area contributed by atoms with Gasteiger partial charge in [0, 0.05) is 6.20 Å². The van der Waals surface area contributed by atoms with E-state index in [1.165, 1.54) is 0 Å². The van der Waals surface area contributed by atoms with Crippen molar-refractivity contribution in [3.05, 3.63) is 47.7 Å². The first kappa shape index (κ1) is 15.1. The first-order valence-corrected chi connectivity index (χ1v) is 6.76. The summed E-state index contributed by atoms with van der Waals surface area (Å²) in [5, 5.41) is 0. The molecule has 2 aromatic rings. The average Bonchev–Trinajstić information content (AvgIpc) is 2.54. The molecule has 0 fully saturated rings. The quantitative estimate of drug-likeness (QED) is 0.846. The maximum absolute atomic E-state index is 5.89. The van der Waals surface area contributed by atoms with E-state index in [9.17, 15) is 0 Å². The summed E-state index contributed by atoms with van der Waals surface area (Å²) in [7, 11) is 3.24. The Morgan fingerprint density at radius 2 is 1.95 bits per heavy atom. The largest absolute Gasteiger partial charge is 0.497 e. The third-order valence-corrected chi connectivity index (χ3v) is 3.11. The Kier molecular flexibility index (Phi) is 5.40. The van der Waals surface area contributed by atoms with Crippen LogP contribution in [0.1, 0.15) is 11.1 Å². The van der Waals surface area contributed by atoms with Crippen molar-refractivity contribution < 1.29 is 14.2 Å². The molecule has 0 spiro atoms. The van der Waals surface area contributed by atoms with Crippen LogP contribution in [0.2, 0.25) is 0 Å². The molecule has 0 saturated carbocycles. The summed E-state index contributed by atoms with van der Waals surface area (Å²) in [5.41, 5.74) is 7.57. The standard InChI is InChI=1S/C16H20N2O3/c1-19-14-5-6-15(12(10-14)7-8-17)21-11-13-4-3-9-18-16(13)20-2/h3-6,9-10H,7-8,11,17H2,1-2H3.